The van der Waals surface area contributed by atoms with E-state index >= 15 is 0 Å². The van der Waals surface area contributed by atoms with Crippen molar-refractivity contribution in [2.24, 2.45) is 22.7 Å². The van der Waals surface area contributed by atoms with Gasteiger partial charge in [0.05, 0.1) is 0 Å². The van der Waals surface area contributed by atoms with Crippen molar-refractivity contribution in [3.05, 3.63) is 0 Å². The van der Waals surface area contributed by atoms with Gasteiger partial charge >= 0.3 is 6.03 Å². The molecule has 172 valence electrons. The SMILES string of the molecule is CC(CNC=O)CC(C)(C)C.CC1CCN(C(=O)NCC(C)(C)CC(C)(C)S)C1. The molecule has 1 fully saturated rings. The number of likely N-dealkylation sites (tertiary alicyclic amines) is 1. The minimum Gasteiger partial charge on any atom is -0.358 e. The predicted octanol–water partition coefficient (Wildman–Crippen LogP) is 4.97. The lowest BCUT2D eigenvalue weighted by atomic mass is 9.83. The number of nitrogens with one attached hydrogen (secondary N) is 2. The largest absolute Gasteiger partial charge is 0.358 e. The van der Waals surface area contributed by atoms with Crippen LogP contribution in [0.2, 0.25) is 0 Å². The van der Waals surface area contributed by atoms with E-state index < -0.39 is 0 Å². The Bertz CT molecular complexity index is 495. The van der Waals surface area contributed by atoms with E-state index in [0.717, 1.165) is 45.3 Å². The Labute approximate surface area is 185 Å². The van der Waals surface area contributed by atoms with Gasteiger partial charge in [-0.05, 0) is 41.9 Å². The zero-order valence-corrected chi connectivity index (χ0v) is 21.3. The Balaban J connectivity index is 0.000000614. The maximum atomic E-state index is 12.0. The first kappa shape index (κ1) is 28.1. The highest BCUT2D eigenvalue weighted by Gasteiger charge is 2.28. The van der Waals surface area contributed by atoms with Crippen molar-refractivity contribution in [1.29, 1.82) is 0 Å². The van der Waals surface area contributed by atoms with Crippen molar-refractivity contribution in [2.75, 3.05) is 26.2 Å². The summed E-state index contributed by atoms with van der Waals surface area (Å²) in [4.78, 5) is 23.9. The van der Waals surface area contributed by atoms with Gasteiger partial charge in [0.2, 0.25) is 6.41 Å². The van der Waals surface area contributed by atoms with E-state index in [1.54, 1.807) is 0 Å². The monoisotopic (exact) mass is 429 g/mol. The first-order valence-electron chi connectivity index (χ1n) is 11.0. The molecule has 2 atom stereocenters. The van der Waals surface area contributed by atoms with Gasteiger partial charge in [-0.1, -0.05) is 62.3 Å². The lowest BCUT2D eigenvalue weighted by Crippen LogP contribution is -2.43. The zero-order chi connectivity index (χ0) is 22.9. The third kappa shape index (κ3) is 15.6. The first-order valence-corrected chi connectivity index (χ1v) is 11.4. The molecular formula is C23H47N3O2S. The van der Waals surface area contributed by atoms with Crippen molar-refractivity contribution >= 4 is 25.1 Å². The van der Waals surface area contributed by atoms with Crippen LogP contribution in [0, 0.1) is 22.7 Å². The van der Waals surface area contributed by atoms with Gasteiger partial charge < -0.3 is 15.5 Å². The number of hydrogen-bond acceptors (Lipinski definition) is 3. The average molecular weight is 430 g/mol. The van der Waals surface area contributed by atoms with Crippen LogP contribution < -0.4 is 10.6 Å². The number of carbonyl (C=O) groups is 2. The number of rotatable bonds is 8. The number of carbonyl (C=O) groups excluding carboxylic acids is 2. The molecule has 6 heteroatoms. The molecule has 1 aliphatic rings. The summed E-state index contributed by atoms with van der Waals surface area (Å²) in [7, 11) is 0. The summed E-state index contributed by atoms with van der Waals surface area (Å²) in [6.07, 6.45) is 4.01. The van der Waals surface area contributed by atoms with Crippen LogP contribution >= 0.6 is 12.6 Å². The van der Waals surface area contributed by atoms with E-state index in [0.29, 0.717) is 23.8 Å². The molecule has 1 rings (SSSR count). The van der Waals surface area contributed by atoms with Gasteiger partial charge in [0.15, 0.2) is 0 Å². The molecule has 29 heavy (non-hydrogen) atoms. The Morgan fingerprint density at radius 3 is 2.21 bits per heavy atom. The first-order chi connectivity index (χ1) is 13.0. The van der Waals surface area contributed by atoms with Gasteiger partial charge in [-0.2, -0.15) is 12.6 Å². The van der Waals surface area contributed by atoms with Crippen molar-refractivity contribution in [3.8, 4) is 0 Å². The maximum Gasteiger partial charge on any atom is 0.317 e. The van der Waals surface area contributed by atoms with Crippen LogP contribution in [0.5, 0.6) is 0 Å². The summed E-state index contributed by atoms with van der Waals surface area (Å²) in [5.41, 5.74) is 0.441. The molecule has 1 saturated heterocycles. The van der Waals surface area contributed by atoms with Crippen LogP contribution in [0.4, 0.5) is 4.79 Å². The molecular weight excluding hydrogens is 382 g/mol. The van der Waals surface area contributed by atoms with Gasteiger partial charge in [0.1, 0.15) is 0 Å². The van der Waals surface area contributed by atoms with E-state index in [9.17, 15) is 9.59 Å². The number of amides is 3. The van der Waals surface area contributed by atoms with Gasteiger partial charge in [0, 0.05) is 30.9 Å². The Hall–Kier alpha value is -0.910. The smallest absolute Gasteiger partial charge is 0.317 e. The highest BCUT2D eigenvalue weighted by molar-refractivity contribution is 7.81. The van der Waals surface area contributed by atoms with E-state index in [4.69, 9.17) is 0 Å². The fourth-order valence-electron chi connectivity index (χ4n) is 4.15. The van der Waals surface area contributed by atoms with Gasteiger partial charge in [0.25, 0.3) is 0 Å². The van der Waals surface area contributed by atoms with Crippen LogP contribution in [0.25, 0.3) is 0 Å². The number of thiol groups is 1. The third-order valence-corrected chi connectivity index (χ3v) is 5.01. The summed E-state index contributed by atoms with van der Waals surface area (Å²) >= 11 is 4.57. The minimum absolute atomic E-state index is 0.00359. The van der Waals surface area contributed by atoms with Crippen molar-refractivity contribution in [2.45, 2.75) is 86.3 Å². The third-order valence-electron chi connectivity index (χ3n) is 4.85. The number of hydrogen-bond donors (Lipinski definition) is 3. The molecule has 0 aliphatic carbocycles. The van der Waals surface area contributed by atoms with Crippen LogP contribution in [0.3, 0.4) is 0 Å². The fraction of sp³-hybridized carbons (Fsp3) is 0.913. The lowest BCUT2D eigenvalue weighted by Gasteiger charge is -2.32. The molecule has 1 aliphatic heterocycles. The molecule has 0 radical (unpaired) electrons. The standard InChI is InChI=1S/C14H28N2OS.C9H19NO/c1-11-6-7-16(8-11)12(17)15-10-13(2,3)9-14(4,5)18;1-8(6-10-7-11)5-9(2,3)4/h11,18H,6-10H2,1-5H3,(H,15,17);7-8H,5-6H2,1-4H3,(H,10,11). The molecule has 0 spiro atoms. The van der Waals surface area contributed by atoms with Crippen molar-refractivity contribution in [1.82, 2.24) is 15.5 Å². The van der Waals surface area contributed by atoms with Crippen LogP contribution in [-0.4, -0.2) is 48.3 Å². The molecule has 0 saturated carbocycles. The summed E-state index contributed by atoms with van der Waals surface area (Å²) in [6.45, 7) is 22.9. The van der Waals surface area contributed by atoms with Gasteiger partial charge in [-0.3, -0.25) is 4.79 Å². The maximum absolute atomic E-state index is 12.0. The summed E-state index contributed by atoms with van der Waals surface area (Å²) in [6, 6.07) is 0.0874. The molecule has 0 aromatic rings. The molecule has 1 heterocycles. The normalized spacial score (nSPS) is 18.6. The van der Waals surface area contributed by atoms with E-state index in [1.165, 1.54) is 0 Å². The Morgan fingerprint density at radius 2 is 1.79 bits per heavy atom. The van der Waals surface area contributed by atoms with Crippen molar-refractivity contribution < 1.29 is 9.59 Å². The average Bonchev–Trinajstić information content (AvgIpc) is 2.94. The second kappa shape index (κ2) is 12.1. The lowest BCUT2D eigenvalue weighted by molar-refractivity contribution is -0.109. The number of nitrogens with zero attached hydrogens (tertiary/aromatic N) is 1. The van der Waals surface area contributed by atoms with E-state index in [-0.39, 0.29) is 16.2 Å². The van der Waals surface area contributed by atoms with Crippen LogP contribution in [-0.2, 0) is 4.79 Å². The number of urea groups is 1. The quantitative estimate of drug-likeness (QED) is 0.377. The highest BCUT2D eigenvalue weighted by atomic mass is 32.1. The van der Waals surface area contributed by atoms with Crippen molar-refractivity contribution in [3.63, 3.8) is 0 Å². The minimum atomic E-state index is -0.00359. The summed E-state index contributed by atoms with van der Waals surface area (Å²) in [5, 5.41) is 5.75. The fourth-order valence-corrected chi connectivity index (χ4v) is 4.57. The van der Waals surface area contributed by atoms with E-state index in [1.807, 2.05) is 4.90 Å². The molecule has 2 N–H and O–H groups in total. The molecule has 3 amide bonds. The second-order valence-electron chi connectivity index (χ2n) is 11.5. The van der Waals surface area contributed by atoms with Crippen LogP contribution in [0.1, 0.15) is 81.6 Å². The molecule has 0 bridgehead atoms. The molecule has 2 unspecified atom stereocenters. The Kier molecular flexibility index (Phi) is 11.7. The molecule has 0 aromatic heterocycles. The summed E-state index contributed by atoms with van der Waals surface area (Å²) in [5.74, 6) is 1.21. The summed E-state index contributed by atoms with van der Waals surface area (Å²) < 4.78 is -0.00359. The molecule has 0 aromatic carbocycles. The predicted molar refractivity (Wildman–Crippen MR) is 128 cm³/mol. The zero-order valence-electron chi connectivity index (χ0n) is 20.4. The Morgan fingerprint density at radius 1 is 1.21 bits per heavy atom. The van der Waals surface area contributed by atoms with Gasteiger partial charge in [-0.25, -0.2) is 4.79 Å². The topological polar surface area (TPSA) is 61.4 Å². The second-order valence-corrected chi connectivity index (χ2v) is 12.8. The molecule has 5 nitrogen and oxygen atoms in total. The van der Waals surface area contributed by atoms with E-state index in [2.05, 4.69) is 85.6 Å². The highest BCUT2D eigenvalue weighted by Crippen LogP contribution is 2.31. The van der Waals surface area contributed by atoms with Gasteiger partial charge in [-0.15, -0.1) is 0 Å². The van der Waals surface area contributed by atoms with Crippen LogP contribution in [0.15, 0.2) is 0 Å².